The van der Waals surface area contributed by atoms with E-state index in [4.69, 9.17) is 4.74 Å². The molecule has 0 saturated heterocycles. The maximum atomic E-state index is 12.3. The molecule has 0 spiro atoms. The highest BCUT2D eigenvalue weighted by Crippen LogP contribution is 2.10. The molecule has 0 heterocycles. The summed E-state index contributed by atoms with van der Waals surface area (Å²) >= 11 is 0. The first kappa shape index (κ1) is 21.5. The summed E-state index contributed by atoms with van der Waals surface area (Å²) in [5, 5.41) is 0.972. The van der Waals surface area contributed by atoms with E-state index in [9.17, 15) is 18.0 Å². The number of rotatable bonds is 9. The van der Waals surface area contributed by atoms with Crippen LogP contribution in [0.5, 0.6) is 0 Å². The molecule has 0 saturated carbocycles. The number of aryl methyl sites for hydroxylation is 1. The average Bonchev–Trinajstić information content (AvgIpc) is 2.71. The highest BCUT2D eigenvalue weighted by atomic mass is 32.2. The second-order valence-electron chi connectivity index (χ2n) is 6.13. The van der Waals surface area contributed by atoms with Crippen LogP contribution in [0, 0.1) is 0 Å². The molecule has 28 heavy (non-hydrogen) atoms. The molecule has 6 nitrogen and oxygen atoms in total. The zero-order chi connectivity index (χ0) is 20.6. The van der Waals surface area contributed by atoms with E-state index in [-0.39, 0.29) is 5.78 Å². The third-order valence-electron chi connectivity index (χ3n) is 3.98. The zero-order valence-electron chi connectivity index (χ0n) is 15.8. The summed E-state index contributed by atoms with van der Waals surface area (Å²) in [6, 6.07) is 15.9. The van der Waals surface area contributed by atoms with Crippen LogP contribution in [0.15, 0.2) is 60.0 Å². The van der Waals surface area contributed by atoms with E-state index in [1.165, 1.54) is 13.0 Å². The molecule has 2 aromatic carbocycles. The van der Waals surface area contributed by atoms with Gasteiger partial charge in [-0.15, -0.1) is 0 Å². The van der Waals surface area contributed by atoms with Crippen LogP contribution in [0.1, 0.15) is 35.3 Å². The lowest BCUT2D eigenvalue weighted by atomic mass is 10.0. The molecule has 0 fully saturated rings. The molecular weight excluding hydrogens is 378 g/mol. The number of Topliss-reactive ketones (excluding diaryl/α,β-unsaturated/α-hetero) is 1. The number of hydrogen-bond acceptors (Lipinski definition) is 5. The number of carbonyl (C=O) groups is 2. The summed E-state index contributed by atoms with van der Waals surface area (Å²) in [5.74, 6) is -1.18. The van der Waals surface area contributed by atoms with Gasteiger partial charge in [0.05, 0.1) is 0 Å². The molecule has 0 aliphatic carbocycles. The van der Waals surface area contributed by atoms with Crippen molar-refractivity contribution in [3.63, 3.8) is 0 Å². The van der Waals surface area contributed by atoms with Gasteiger partial charge >= 0.3 is 5.97 Å². The minimum Gasteiger partial charge on any atom is -0.453 e. The second-order valence-corrected chi connectivity index (χ2v) is 7.78. The van der Waals surface area contributed by atoms with Gasteiger partial charge in [-0.05, 0) is 30.5 Å². The van der Waals surface area contributed by atoms with Crippen LogP contribution in [0.3, 0.4) is 0 Å². The first-order chi connectivity index (χ1) is 13.3. The molecule has 1 unspecified atom stereocenters. The van der Waals surface area contributed by atoms with Crippen molar-refractivity contribution in [1.82, 2.24) is 4.72 Å². The predicted molar refractivity (Wildman–Crippen MR) is 108 cm³/mol. The Morgan fingerprint density at radius 2 is 1.71 bits per heavy atom. The maximum Gasteiger partial charge on any atom is 0.321 e. The van der Waals surface area contributed by atoms with E-state index in [0.717, 1.165) is 17.4 Å². The largest absolute Gasteiger partial charge is 0.453 e. The number of carbonyl (C=O) groups excluding carboxylic acids is 2. The molecule has 0 radical (unpaired) electrons. The Bertz CT molecular complexity index is 935. The first-order valence-corrected chi connectivity index (χ1v) is 10.4. The Morgan fingerprint density at radius 3 is 2.32 bits per heavy atom. The Morgan fingerprint density at radius 1 is 1.07 bits per heavy atom. The number of esters is 1. The van der Waals surface area contributed by atoms with E-state index >= 15 is 0 Å². The third kappa shape index (κ3) is 6.75. The van der Waals surface area contributed by atoms with Crippen molar-refractivity contribution in [3.8, 4) is 0 Å². The molecule has 1 atom stereocenters. The smallest absolute Gasteiger partial charge is 0.321 e. The molecule has 7 heteroatoms. The average molecular weight is 401 g/mol. The van der Waals surface area contributed by atoms with Crippen LogP contribution in [0.25, 0.3) is 6.08 Å². The maximum absolute atomic E-state index is 12.3. The van der Waals surface area contributed by atoms with E-state index in [2.05, 4.69) is 4.72 Å². The van der Waals surface area contributed by atoms with E-state index in [1.807, 2.05) is 25.1 Å². The Kier molecular flexibility index (Phi) is 7.66. The molecular formula is C21H23NO5S. The van der Waals surface area contributed by atoms with Crippen LogP contribution in [0.4, 0.5) is 0 Å². The molecule has 0 aliphatic heterocycles. The fraction of sp³-hybridized carbons (Fsp3) is 0.238. The molecule has 0 amide bonds. The fourth-order valence-corrected chi connectivity index (χ4v) is 3.12. The minimum absolute atomic E-state index is 0.345. The number of ether oxygens (including phenoxy) is 1. The van der Waals surface area contributed by atoms with Crippen LogP contribution in [-0.2, 0) is 26.0 Å². The van der Waals surface area contributed by atoms with Crippen molar-refractivity contribution in [2.45, 2.75) is 26.4 Å². The normalized spacial score (nSPS) is 12.6. The molecule has 2 aromatic rings. The third-order valence-corrected chi connectivity index (χ3v) is 5.02. The Hall–Kier alpha value is -2.77. The number of sulfonamides is 1. The van der Waals surface area contributed by atoms with Crippen LogP contribution in [0.2, 0.25) is 0 Å². The molecule has 1 N–H and O–H groups in total. The lowest BCUT2D eigenvalue weighted by Crippen LogP contribution is -2.33. The SMILES string of the molecule is CCc1ccc(C(=O)C(C)OC(=O)CNS(=O)(=O)/C=C/c2ccccc2)cc1. The van der Waals surface area contributed by atoms with Crippen molar-refractivity contribution in [3.05, 3.63) is 76.7 Å². The predicted octanol–water partition coefficient (Wildman–Crippen LogP) is 2.95. The van der Waals surface area contributed by atoms with Gasteiger partial charge in [0, 0.05) is 11.0 Å². The van der Waals surface area contributed by atoms with E-state index in [1.54, 1.807) is 36.4 Å². The van der Waals surface area contributed by atoms with Gasteiger partial charge in [-0.2, -0.15) is 0 Å². The van der Waals surface area contributed by atoms with Crippen molar-refractivity contribution < 1.29 is 22.7 Å². The number of nitrogens with one attached hydrogen (secondary N) is 1. The van der Waals surface area contributed by atoms with E-state index in [0.29, 0.717) is 11.1 Å². The fourth-order valence-electron chi connectivity index (χ4n) is 2.37. The summed E-state index contributed by atoms with van der Waals surface area (Å²) in [6.07, 6.45) is 1.27. The van der Waals surface area contributed by atoms with Gasteiger partial charge < -0.3 is 4.74 Å². The quantitative estimate of drug-likeness (QED) is 0.515. The molecule has 148 valence electrons. The molecule has 0 aromatic heterocycles. The minimum atomic E-state index is -3.81. The van der Waals surface area contributed by atoms with Crippen LogP contribution in [-0.4, -0.2) is 32.8 Å². The summed E-state index contributed by atoms with van der Waals surface area (Å²) < 4.78 is 31.0. The number of ketones is 1. The van der Waals surface area contributed by atoms with Gasteiger partial charge in [0.2, 0.25) is 15.8 Å². The van der Waals surface area contributed by atoms with Gasteiger partial charge in [0.15, 0.2) is 6.10 Å². The number of hydrogen-bond donors (Lipinski definition) is 1. The zero-order valence-corrected chi connectivity index (χ0v) is 16.6. The highest BCUT2D eigenvalue weighted by molar-refractivity contribution is 7.92. The number of benzene rings is 2. The summed E-state index contributed by atoms with van der Waals surface area (Å²) in [7, 11) is -3.81. The lowest BCUT2D eigenvalue weighted by Gasteiger charge is -2.12. The molecule has 0 bridgehead atoms. The first-order valence-electron chi connectivity index (χ1n) is 8.86. The monoisotopic (exact) mass is 401 g/mol. The van der Waals surface area contributed by atoms with Crippen molar-refractivity contribution >= 4 is 27.9 Å². The Labute approximate surface area is 165 Å². The van der Waals surface area contributed by atoms with Crippen LogP contribution < -0.4 is 4.72 Å². The highest BCUT2D eigenvalue weighted by Gasteiger charge is 2.20. The Balaban J connectivity index is 1.86. The van der Waals surface area contributed by atoms with Crippen molar-refractivity contribution in [2.24, 2.45) is 0 Å². The van der Waals surface area contributed by atoms with E-state index < -0.39 is 28.6 Å². The summed E-state index contributed by atoms with van der Waals surface area (Å²) in [6.45, 7) is 2.91. The molecule has 0 aliphatic rings. The summed E-state index contributed by atoms with van der Waals surface area (Å²) in [5.41, 5.74) is 2.24. The second kappa shape index (κ2) is 9.96. The van der Waals surface area contributed by atoms with Gasteiger partial charge in [-0.25, -0.2) is 13.1 Å². The van der Waals surface area contributed by atoms with Gasteiger partial charge in [0.1, 0.15) is 6.54 Å². The topological polar surface area (TPSA) is 89.5 Å². The lowest BCUT2D eigenvalue weighted by molar-refractivity contribution is -0.144. The standard InChI is InChI=1S/C21H23NO5S/c1-3-17-9-11-19(12-10-17)21(24)16(2)27-20(23)15-22-28(25,26)14-13-18-7-5-4-6-8-18/h4-14,16,22H,3,15H2,1-2H3/b14-13+. The van der Waals surface area contributed by atoms with Crippen molar-refractivity contribution in [2.75, 3.05) is 6.54 Å². The van der Waals surface area contributed by atoms with Crippen LogP contribution >= 0.6 is 0 Å². The summed E-state index contributed by atoms with van der Waals surface area (Å²) in [4.78, 5) is 24.2. The van der Waals surface area contributed by atoms with Gasteiger partial charge in [-0.1, -0.05) is 61.5 Å². The van der Waals surface area contributed by atoms with Crippen molar-refractivity contribution in [1.29, 1.82) is 0 Å². The van der Waals surface area contributed by atoms with Gasteiger partial charge in [-0.3, -0.25) is 9.59 Å². The molecule has 2 rings (SSSR count). The van der Waals surface area contributed by atoms with Gasteiger partial charge in [0.25, 0.3) is 0 Å².